The zero-order valence-electron chi connectivity index (χ0n) is 22.8. The molecule has 2 aromatic carbocycles. The van der Waals surface area contributed by atoms with Gasteiger partial charge >= 0.3 is 0 Å². The molecule has 6 nitrogen and oxygen atoms in total. The summed E-state index contributed by atoms with van der Waals surface area (Å²) in [5, 5.41) is 0. The molecule has 0 spiro atoms. The molecule has 1 atom stereocenters. The number of hydrogen-bond donors (Lipinski definition) is 0. The second-order valence-electron chi connectivity index (χ2n) is 10.5. The Morgan fingerprint density at radius 2 is 1.70 bits per heavy atom. The maximum atomic E-state index is 14.0. The van der Waals surface area contributed by atoms with Gasteiger partial charge in [0, 0.05) is 45.8 Å². The Labute approximate surface area is 221 Å². The Morgan fingerprint density at radius 1 is 1.00 bits per heavy atom. The van der Waals surface area contributed by atoms with Gasteiger partial charge in [-0.05, 0) is 67.1 Å². The molecule has 7 heteroatoms. The number of halogens is 1. The van der Waals surface area contributed by atoms with Gasteiger partial charge in [-0.1, -0.05) is 31.4 Å². The van der Waals surface area contributed by atoms with Gasteiger partial charge in [0.15, 0.2) is 11.5 Å². The number of methoxy groups -OCH3 is 2. The highest BCUT2D eigenvalue weighted by molar-refractivity contribution is 5.83. The van der Waals surface area contributed by atoms with E-state index < -0.39 is 6.04 Å². The van der Waals surface area contributed by atoms with E-state index in [0.717, 1.165) is 42.9 Å². The van der Waals surface area contributed by atoms with Crippen molar-refractivity contribution in [3.63, 3.8) is 0 Å². The minimum Gasteiger partial charge on any atom is -0.493 e. The lowest BCUT2D eigenvalue weighted by molar-refractivity contribution is -0.137. The molecule has 2 aromatic rings. The third-order valence-electron chi connectivity index (χ3n) is 7.98. The first kappa shape index (κ1) is 27.4. The van der Waals surface area contributed by atoms with E-state index in [2.05, 4.69) is 9.80 Å². The molecule has 2 fully saturated rings. The highest BCUT2D eigenvalue weighted by Gasteiger charge is 2.34. The van der Waals surface area contributed by atoms with Gasteiger partial charge in [0.05, 0.1) is 14.2 Å². The largest absolute Gasteiger partial charge is 0.493 e. The SMILES string of the molecule is COc1ccc(C(C(=O)N(C)CCc2cc(C)cc(F)c2)N2CCN(C3CCCCC3)CC2)cc1OC. The topological polar surface area (TPSA) is 45.2 Å². The van der Waals surface area contributed by atoms with Crippen molar-refractivity contribution in [3.05, 3.63) is 58.9 Å². The summed E-state index contributed by atoms with van der Waals surface area (Å²) >= 11 is 0. The fraction of sp³-hybridized carbons (Fsp3) is 0.567. The molecule has 4 rings (SSSR count). The minimum atomic E-state index is -0.410. The van der Waals surface area contributed by atoms with E-state index in [1.54, 1.807) is 25.2 Å². The summed E-state index contributed by atoms with van der Waals surface area (Å²) in [5.74, 6) is 1.08. The van der Waals surface area contributed by atoms with E-state index in [1.165, 1.54) is 38.2 Å². The van der Waals surface area contributed by atoms with Crippen LogP contribution in [0.3, 0.4) is 0 Å². The zero-order valence-corrected chi connectivity index (χ0v) is 22.8. The van der Waals surface area contributed by atoms with Gasteiger partial charge in [-0.2, -0.15) is 0 Å². The van der Waals surface area contributed by atoms with E-state index in [0.29, 0.717) is 30.5 Å². The van der Waals surface area contributed by atoms with Crippen molar-refractivity contribution in [1.29, 1.82) is 0 Å². The molecule has 1 unspecified atom stereocenters. The number of aryl methyl sites for hydroxylation is 1. The van der Waals surface area contributed by atoms with Crippen LogP contribution in [0.1, 0.15) is 54.8 Å². The first-order valence-corrected chi connectivity index (χ1v) is 13.6. The molecule has 1 aliphatic heterocycles. The molecule has 1 saturated heterocycles. The van der Waals surface area contributed by atoms with Crippen LogP contribution in [-0.4, -0.2) is 80.6 Å². The average Bonchev–Trinajstić information content (AvgIpc) is 2.92. The number of benzene rings is 2. The predicted octanol–water partition coefficient (Wildman–Crippen LogP) is 4.84. The van der Waals surface area contributed by atoms with Crippen molar-refractivity contribution in [3.8, 4) is 11.5 Å². The van der Waals surface area contributed by atoms with Gasteiger partial charge in [-0.3, -0.25) is 14.6 Å². The van der Waals surface area contributed by atoms with E-state index in [1.807, 2.05) is 38.2 Å². The van der Waals surface area contributed by atoms with Gasteiger partial charge in [-0.25, -0.2) is 4.39 Å². The Kier molecular flexibility index (Phi) is 9.43. The first-order chi connectivity index (χ1) is 17.9. The van der Waals surface area contributed by atoms with Crippen molar-refractivity contribution in [2.75, 3.05) is 54.0 Å². The molecule has 37 heavy (non-hydrogen) atoms. The average molecular weight is 512 g/mol. The minimum absolute atomic E-state index is 0.0476. The van der Waals surface area contributed by atoms with E-state index in [4.69, 9.17) is 9.47 Å². The number of nitrogens with zero attached hydrogens (tertiary/aromatic N) is 3. The highest BCUT2D eigenvalue weighted by Crippen LogP contribution is 2.34. The molecule has 1 saturated carbocycles. The van der Waals surface area contributed by atoms with Crippen molar-refractivity contribution in [1.82, 2.24) is 14.7 Å². The van der Waals surface area contributed by atoms with E-state index in [-0.39, 0.29) is 11.7 Å². The van der Waals surface area contributed by atoms with Crippen LogP contribution in [0.4, 0.5) is 4.39 Å². The Hall–Kier alpha value is -2.64. The van der Waals surface area contributed by atoms with Crippen molar-refractivity contribution >= 4 is 5.91 Å². The second-order valence-corrected chi connectivity index (χ2v) is 10.5. The smallest absolute Gasteiger partial charge is 0.244 e. The van der Waals surface area contributed by atoms with Gasteiger partial charge in [0.2, 0.25) is 5.91 Å². The number of amides is 1. The van der Waals surface area contributed by atoms with Crippen molar-refractivity contribution in [2.24, 2.45) is 0 Å². The summed E-state index contributed by atoms with van der Waals surface area (Å²) in [4.78, 5) is 20.7. The summed E-state index contributed by atoms with van der Waals surface area (Å²) in [5.41, 5.74) is 2.70. The molecule has 0 radical (unpaired) electrons. The summed E-state index contributed by atoms with van der Waals surface area (Å²) < 4.78 is 24.9. The lowest BCUT2D eigenvalue weighted by Gasteiger charge is -2.43. The fourth-order valence-corrected chi connectivity index (χ4v) is 5.91. The second kappa shape index (κ2) is 12.7. The van der Waals surface area contributed by atoms with Crippen LogP contribution in [0, 0.1) is 12.7 Å². The number of ether oxygens (including phenoxy) is 2. The summed E-state index contributed by atoms with van der Waals surface area (Å²) in [6, 6.07) is 11.1. The fourth-order valence-electron chi connectivity index (χ4n) is 5.91. The van der Waals surface area contributed by atoms with Crippen LogP contribution in [0.5, 0.6) is 11.5 Å². The Balaban J connectivity index is 1.51. The van der Waals surface area contributed by atoms with Gasteiger partial charge < -0.3 is 14.4 Å². The van der Waals surface area contributed by atoms with Crippen LogP contribution in [0.15, 0.2) is 36.4 Å². The van der Waals surface area contributed by atoms with Crippen molar-refractivity contribution in [2.45, 2.75) is 57.5 Å². The quantitative estimate of drug-likeness (QED) is 0.482. The number of likely N-dealkylation sites (N-methyl/N-ethyl adjacent to an activating group) is 1. The lowest BCUT2D eigenvalue weighted by atomic mass is 9.93. The molecule has 202 valence electrons. The predicted molar refractivity (Wildman–Crippen MR) is 145 cm³/mol. The Morgan fingerprint density at radius 3 is 2.35 bits per heavy atom. The monoisotopic (exact) mass is 511 g/mol. The molecule has 0 N–H and O–H groups in total. The Bertz CT molecular complexity index is 1030. The molecular formula is C30H42FN3O3. The summed E-state index contributed by atoms with van der Waals surface area (Å²) in [6.07, 6.45) is 7.20. The van der Waals surface area contributed by atoms with Crippen molar-refractivity contribution < 1.29 is 18.7 Å². The zero-order chi connectivity index (χ0) is 26.4. The molecule has 1 heterocycles. The number of rotatable bonds is 9. The highest BCUT2D eigenvalue weighted by atomic mass is 19.1. The summed E-state index contributed by atoms with van der Waals surface area (Å²) in [6.45, 7) is 6.06. The van der Waals surface area contributed by atoms with Crippen LogP contribution < -0.4 is 9.47 Å². The normalized spacial score (nSPS) is 18.4. The molecule has 0 bridgehead atoms. The maximum absolute atomic E-state index is 14.0. The molecular weight excluding hydrogens is 469 g/mol. The number of hydrogen-bond acceptors (Lipinski definition) is 5. The molecule has 1 aliphatic carbocycles. The lowest BCUT2D eigenvalue weighted by Crippen LogP contribution is -2.54. The van der Waals surface area contributed by atoms with Crippen LogP contribution >= 0.6 is 0 Å². The van der Waals surface area contributed by atoms with Crippen LogP contribution in [-0.2, 0) is 11.2 Å². The van der Waals surface area contributed by atoms with Crippen LogP contribution in [0.2, 0.25) is 0 Å². The maximum Gasteiger partial charge on any atom is 0.244 e. The van der Waals surface area contributed by atoms with Gasteiger partial charge in [-0.15, -0.1) is 0 Å². The third-order valence-corrected chi connectivity index (χ3v) is 7.98. The molecule has 1 amide bonds. The number of carbonyl (C=O) groups excluding carboxylic acids is 1. The number of piperazine rings is 1. The number of carbonyl (C=O) groups is 1. The van der Waals surface area contributed by atoms with E-state index >= 15 is 0 Å². The first-order valence-electron chi connectivity index (χ1n) is 13.6. The standard InChI is InChI=1S/C30H42FN3O3/c1-22-18-23(20-25(31)19-22)12-13-32(2)30(35)29(24-10-11-27(36-3)28(21-24)37-4)34-16-14-33(15-17-34)26-8-6-5-7-9-26/h10-11,18-21,26,29H,5-9,12-17H2,1-4H3. The van der Waals surface area contributed by atoms with Gasteiger partial charge in [0.25, 0.3) is 0 Å². The third kappa shape index (κ3) is 6.82. The molecule has 0 aromatic heterocycles. The van der Waals surface area contributed by atoms with E-state index in [9.17, 15) is 9.18 Å². The summed E-state index contributed by atoms with van der Waals surface area (Å²) in [7, 11) is 5.08. The van der Waals surface area contributed by atoms with Gasteiger partial charge in [0.1, 0.15) is 11.9 Å². The van der Waals surface area contributed by atoms with Crippen LogP contribution in [0.25, 0.3) is 0 Å². The molecule has 2 aliphatic rings.